The van der Waals surface area contributed by atoms with Gasteiger partial charge in [-0.3, -0.25) is 13.9 Å². The van der Waals surface area contributed by atoms with Crippen LogP contribution in [-0.4, -0.2) is 70.8 Å². The first-order chi connectivity index (χ1) is 18.2. The molecule has 11 heteroatoms. The van der Waals surface area contributed by atoms with Gasteiger partial charge in [-0.05, 0) is 49.6 Å². The largest absolute Gasteiger partial charge is 0.497 e. The Hall–Kier alpha value is -3.47. The van der Waals surface area contributed by atoms with Gasteiger partial charge in [0.1, 0.15) is 25.0 Å². The molecule has 0 radical (unpaired) electrons. The number of carbonyl (C=O) groups excluding carboxylic acids is 2. The molecule has 0 fully saturated rings. The van der Waals surface area contributed by atoms with E-state index in [0.717, 1.165) is 11.8 Å². The smallest absolute Gasteiger partial charge is 0.242 e. The number of likely N-dealkylation sites (N-methyl/N-ethyl adjacent to an activating group) is 1. The summed E-state index contributed by atoms with van der Waals surface area (Å²) in [5, 5.41) is 2.81. The Morgan fingerprint density at radius 1 is 1.05 bits per heavy atom. The number of nitrogens with zero attached hydrogens (tertiary/aromatic N) is 2. The van der Waals surface area contributed by atoms with Crippen molar-refractivity contribution in [1.82, 2.24) is 10.2 Å². The number of fused-ring (bicyclic) bond motifs is 1. The Bertz CT molecular complexity index is 1200. The van der Waals surface area contributed by atoms with Crippen LogP contribution in [0.4, 0.5) is 5.69 Å². The monoisotopic (exact) mass is 547 g/mol. The number of sulfonamides is 1. The summed E-state index contributed by atoms with van der Waals surface area (Å²) in [5.41, 5.74) is 1.30. The van der Waals surface area contributed by atoms with E-state index in [9.17, 15) is 18.0 Å². The molecule has 0 saturated heterocycles. The molecule has 10 nitrogen and oxygen atoms in total. The fraction of sp³-hybridized carbons (Fsp3) is 0.481. The van der Waals surface area contributed by atoms with Gasteiger partial charge in [0.15, 0.2) is 11.5 Å². The SMILES string of the molecule is CCNC(=O)[C@H](CC)N(Cc1ccc(OC)cc1)C(=O)CCCN(c1ccc2c(c1)OCCO2)S(C)(=O)=O. The van der Waals surface area contributed by atoms with Gasteiger partial charge in [0.05, 0.1) is 19.1 Å². The van der Waals surface area contributed by atoms with Crippen LogP contribution in [0.25, 0.3) is 0 Å². The molecule has 0 unspecified atom stereocenters. The predicted molar refractivity (Wildman–Crippen MR) is 145 cm³/mol. The minimum atomic E-state index is -3.62. The average molecular weight is 548 g/mol. The summed E-state index contributed by atoms with van der Waals surface area (Å²) in [6, 6.07) is 11.7. The van der Waals surface area contributed by atoms with E-state index < -0.39 is 16.1 Å². The van der Waals surface area contributed by atoms with E-state index in [1.165, 1.54) is 4.31 Å². The van der Waals surface area contributed by atoms with Crippen LogP contribution in [0, 0.1) is 0 Å². The molecule has 38 heavy (non-hydrogen) atoms. The van der Waals surface area contributed by atoms with Gasteiger partial charge < -0.3 is 24.4 Å². The molecule has 0 aromatic heterocycles. The van der Waals surface area contributed by atoms with Crippen molar-refractivity contribution in [2.24, 2.45) is 0 Å². The second kappa shape index (κ2) is 13.4. The number of anilines is 1. The molecule has 2 aromatic rings. The molecule has 1 aliphatic heterocycles. The maximum absolute atomic E-state index is 13.5. The Morgan fingerprint density at radius 2 is 1.74 bits per heavy atom. The summed E-state index contributed by atoms with van der Waals surface area (Å²) >= 11 is 0. The lowest BCUT2D eigenvalue weighted by molar-refractivity contribution is -0.141. The maximum atomic E-state index is 13.5. The van der Waals surface area contributed by atoms with Crippen molar-refractivity contribution < 1.29 is 32.2 Å². The van der Waals surface area contributed by atoms with Crippen LogP contribution in [0.1, 0.15) is 38.7 Å². The van der Waals surface area contributed by atoms with Crippen molar-refractivity contribution in [3.05, 3.63) is 48.0 Å². The lowest BCUT2D eigenvalue weighted by Gasteiger charge is -2.31. The van der Waals surface area contributed by atoms with E-state index >= 15 is 0 Å². The molecule has 208 valence electrons. The standard InChI is InChI=1S/C27H37N3O7S/c1-5-23(27(32)28-6-2)29(19-20-9-12-22(35-3)13-10-20)26(31)8-7-15-30(38(4,33)34)21-11-14-24-25(18-21)37-17-16-36-24/h9-14,18,23H,5-8,15-17,19H2,1-4H3,(H,28,32)/t23-/m0/s1. The zero-order chi connectivity index (χ0) is 27.7. The molecule has 1 N–H and O–H groups in total. The van der Waals surface area contributed by atoms with Crippen LogP contribution in [0.3, 0.4) is 0 Å². The Labute approximate surface area is 224 Å². The third-order valence-corrected chi connectivity index (χ3v) is 7.41. The molecule has 1 aliphatic rings. The fourth-order valence-corrected chi connectivity index (χ4v) is 5.29. The summed E-state index contributed by atoms with van der Waals surface area (Å²) in [6.45, 7) is 5.32. The second-order valence-corrected chi connectivity index (χ2v) is 10.9. The average Bonchev–Trinajstić information content (AvgIpc) is 2.90. The normalized spacial score (nSPS) is 13.4. The maximum Gasteiger partial charge on any atom is 0.242 e. The topological polar surface area (TPSA) is 114 Å². The minimum Gasteiger partial charge on any atom is -0.497 e. The number of rotatable bonds is 13. The van der Waals surface area contributed by atoms with E-state index in [2.05, 4.69) is 5.32 Å². The van der Waals surface area contributed by atoms with Crippen LogP contribution in [0.2, 0.25) is 0 Å². The molecule has 1 heterocycles. The van der Waals surface area contributed by atoms with Crippen LogP contribution in [-0.2, 0) is 26.2 Å². The van der Waals surface area contributed by atoms with Gasteiger partial charge in [0.2, 0.25) is 21.8 Å². The summed E-state index contributed by atoms with van der Waals surface area (Å²) in [5.74, 6) is 1.30. The summed E-state index contributed by atoms with van der Waals surface area (Å²) in [4.78, 5) is 27.8. The number of hydrogen-bond acceptors (Lipinski definition) is 7. The number of benzene rings is 2. The number of nitrogens with one attached hydrogen (secondary N) is 1. The third kappa shape index (κ3) is 7.53. The van der Waals surface area contributed by atoms with Crippen molar-refractivity contribution >= 4 is 27.5 Å². The van der Waals surface area contributed by atoms with Crippen molar-refractivity contribution in [2.45, 2.75) is 45.7 Å². The molecule has 0 saturated carbocycles. The predicted octanol–water partition coefficient (Wildman–Crippen LogP) is 2.96. The Morgan fingerprint density at radius 3 is 2.34 bits per heavy atom. The molecule has 0 spiro atoms. The quantitative estimate of drug-likeness (QED) is 0.410. The Balaban J connectivity index is 1.75. The van der Waals surface area contributed by atoms with Gasteiger partial charge in [-0.15, -0.1) is 0 Å². The molecular weight excluding hydrogens is 510 g/mol. The molecule has 2 amide bonds. The Kier molecular flexibility index (Phi) is 10.2. The number of methoxy groups -OCH3 is 1. The molecule has 3 rings (SSSR count). The van der Waals surface area contributed by atoms with Gasteiger partial charge in [0.25, 0.3) is 0 Å². The van der Waals surface area contributed by atoms with Gasteiger partial charge in [-0.1, -0.05) is 19.1 Å². The summed E-state index contributed by atoms with van der Waals surface area (Å²) in [6.07, 6.45) is 1.91. The van der Waals surface area contributed by atoms with Crippen molar-refractivity contribution in [2.75, 3.05) is 44.0 Å². The fourth-order valence-electron chi connectivity index (χ4n) is 4.33. The summed E-state index contributed by atoms with van der Waals surface area (Å²) in [7, 11) is -2.04. The van der Waals surface area contributed by atoms with Gasteiger partial charge >= 0.3 is 0 Å². The van der Waals surface area contributed by atoms with Crippen molar-refractivity contribution in [1.29, 1.82) is 0 Å². The molecular formula is C27H37N3O7S. The highest BCUT2D eigenvalue weighted by atomic mass is 32.2. The van der Waals surface area contributed by atoms with Gasteiger partial charge in [-0.25, -0.2) is 8.42 Å². The number of amides is 2. The highest BCUT2D eigenvalue weighted by Gasteiger charge is 2.29. The second-order valence-electron chi connectivity index (χ2n) is 8.95. The molecule has 1 atom stereocenters. The van der Waals surface area contributed by atoms with E-state index in [0.29, 0.717) is 49.1 Å². The van der Waals surface area contributed by atoms with E-state index in [4.69, 9.17) is 14.2 Å². The van der Waals surface area contributed by atoms with E-state index in [1.54, 1.807) is 30.2 Å². The zero-order valence-electron chi connectivity index (χ0n) is 22.4. The summed E-state index contributed by atoms with van der Waals surface area (Å²) < 4.78 is 42.8. The number of hydrogen-bond donors (Lipinski definition) is 1. The van der Waals surface area contributed by atoms with Gasteiger partial charge in [0, 0.05) is 32.1 Å². The lowest BCUT2D eigenvalue weighted by atomic mass is 10.1. The third-order valence-electron chi connectivity index (χ3n) is 6.21. The van der Waals surface area contributed by atoms with E-state index in [-0.39, 0.29) is 37.7 Å². The highest BCUT2D eigenvalue weighted by molar-refractivity contribution is 7.92. The first kappa shape index (κ1) is 29.1. The van der Waals surface area contributed by atoms with Crippen molar-refractivity contribution in [3.63, 3.8) is 0 Å². The number of carbonyl (C=O) groups is 2. The van der Waals surface area contributed by atoms with Crippen LogP contribution in [0.15, 0.2) is 42.5 Å². The number of ether oxygens (including phenoxy) is 3. The molecule has 0 bridgehead atoms. The van der Waals surface area contributed by atoms with Crippen LogP contribution < -0.4 is 23.8 Å². The zero-order valence-corrected chi connectivity index (χ0v) is 23.3. The molecule has 2 aromatic carbocycles. The minimum absolute atomic E-state index is 0.0721. The van der Waals surface area contributed by atoms with Crippen molar-refractivity contribution in [3.8, 4) is 17.2 Å². The highest BCUT2D eigenvalue weighted by Crippen LogP contribution is 2.34. The van der Waals surface area contributed by atoms with Crippen LogP contribution >= 0.6 is 0 Å². The first-order valence-corrected chi connectivity index (χ1v) is 14.6. The van der Waals surface area contributed by atoms with Crippen LogP contribution in [0.5, 0.6) is 17.2 Å². The lowest BCUT2D eigenvalue weighted by Crippen LogP contribution is -2.49. The van der Waals surface area contributed by atoms with E-state index in [1.807, 2.05) is 38.1 Å². The molecule has 0 aliphatic carbocycles. The van der Waals surface area contributed by atoms with Gasteiger partial charge in [-0.2, -0.15) is 0 Å². The first-order valence-electron chi connectivity index (χ1n) is 12.7.